The van der Waals surface area contributed by atoms with E-state index in [0.29, 0.717) is 24.3 Å². The molecule has 3 heterocycles. The number of hydrogen-bond donors (Lipinski definition) is 0. The molecule has 0 N–H and O–H groups in total. The summed E-state index contributed by atoms with van der Waals surface area (Å²) in [6.45, 7) is 7.45. The molecule has 0 saturated carbocycles. The molecule has 1 aromatic heterocycles. The highest BCUT2D eigenvalue weighted by molar-refractivity contribution is 5.79. The van der Waals surface area contributed by atoms with Crippen LogP contribution in [0.3, 0.4) is 0 Å². The summed E-state index contributed by atoms with van der Waals surface area (Å²) in [5.41, 5.74) is 0. The average molecular weight is 319 g/mol. The summed E-state index contributed by atoms with van der Waals surface area (Å²) >= 11 is 0. The Balaban J connectivity index is 1.56. The van der Waals surface area contributed by atoms with Crippen LogP contribution in [-0.2, 0) is 4.79 Å². The van der Waals surface area contributed by atoms with Crippen molar-refractivity contribution >= 4 is 11.9 Å². The molecular formula is C16H25N5O2. The molecule has 2 fully saturated rings. The highest BCUT2D eigenvalue weighted by Crippen LogP contribution is 2.20. The van der Waals surface area contributed by atoms with Crippen molar-refractivity contribution in [1.82, 2.24) is 19.8 Å². The van der Waals surface area contributed by atoms with E-state index in [1.807, 2.05) is 11.8 Å². The number of ether oxygens (including phenoxy) is 1. The minimum Gasteiger partial charge on any atom is -0.478 e. The Hall–Kier alpha value is -1.89. The van der Waals surface area contributed by atoms with Gasteiger partial charge in [-0.25, -0.2) is 4.98 Å². The summed E-state index contributed by atoms with van der Waals surface area (Å²) in [6, 6.07) is 1.77. The lowest BCUT2D eigenvalue weighted by Crippen LogP contribution is -2.51. The maximum absolute atomic E-state index is 12.6. The Labute approximate surface area is 137 Å². The lowest BCUT2D eigenvalue weighted by Gasteiger charge is -2.36. The molecule has 0 bridgehead atoms. The van der Waals surface area contributed by atoms with Crippen molar-refractivity contribution in [1.29, 1.82) is 0 Å². The first-order valence-electron chi connectivity index (χ1n) is 8.35. The molecule has 2 aliphatic rings. The molecule has 2 aliphatic heterocycles. The minimum atomic E-state index is 0.170. The van der Waals surface area contributed by atoms with Gasteiger partial charge in [0, 0.05) is 45.0 Å². The average Bonchev–Trinajstić information content (AvgIpc) is 3.01. The number of hydrogen-bond acceptors (Lipinski definition) is 6. The number of rotatable bonds is 4. The van der Waals surface area contributed by atoms with Crippen molar-refractivity contribution in [3.63, 3.8) is 0 Å². The zero-order valence-corrected chi connectivity index (χ0v) is 13.9. The van der Waals surface area contributed by atoms with Crippen LogP contribution in [0.4, 0.5) is 5.95 Å². The van der Waals surface area contributed by atoms with Crippen molar-refractivity contribution in [2.45, 2.75) is 13.3 Å². The van der Waals surface area contributed by atoms with Crippen molar-refractivity contribution in [3.05, 3.63) is 12.3 Å². The molecule has 1 atom stereocenters. The summed E-state index contributed by atoms with van der Waals surface area (Å²) in [6.07, 6.45) is 2.70. The zero-order chi connectivity index (χ0) is 16.2. The van der Waals surface area contributed by atoms with Crippen LogP contribution in [0.1, 0.15) is 13.3 Å². The van der Waals surface area contributed by atoms with Gasteiger partial charge in [0.2, 0.25) is 17.7 Å². The first-order chi connectivity index (χ1) is 11.2. The molecule has 0 aliphatic carbocycles. The van der Waals surface area contributed by atoms with Crippen LogP contribution >= 0.6 is 0 Å². The van der Waals surface area contributed by atoms with Crippen LogP contribution in [0.15, 0.2) is 12.3 Å². The number of anilines is 1. The smallest absolute Gasteiger partial charge is 0.228 e. The van der Waals surface area contributed by atoms with Crippen molar-refractivity contribution in [3.8, 4) is 5.88 Å². The van der Waals surface area contributed by atoms with Crippen LogP contribution in [-0.4, -0.2) is 78.6 Å². The fraction of sp³-hybridized carbons (Fsp3) is 0.688. The van der Waals surface area contributed by atoms with E-state index in [1.165, 1.54) is 0 Å². The fourth-order valence-electron chi connectivity index (χ4n) is 3.23. The number of likely N-dealkylation sites (tertiary alicyclic amines) is 1. The van der Waals surface area contributed by atoms with E-state index >= 15 is 0 Å². The van der Waals surface area contributed by atoms with Crippen LogP contribution in [0.5, 0.6) is 5.88 Å². The predicted octanol–water partition coefficient (Wildman–Crippen LogP) is 0.476. The Kier molecular flexibility index (Phi) is 4.95. The lowest BCUT2D eigenvalue weighted by molar-refractivity contribution is -0.135. The number of carbonyl (C=O) groups excluding carboxylic acids is 1. The van der Waals surface area contributed by atoms with Gasteiger partial charge >= 0.3 is 0 Å². The summed E-state index contributed by atoms with van der Waals surface area (Å²) in [4.78, 5) is 27.7. The third-order valence-electron chi connectivity index (χ3n) is 4.52. The Morgan fingerprint density at radius 3 is 2.74 bits per heavy atom. The maximum atomic E-state index is 12.6. The van der Waals surface area contributed by atoms with Crippen LogP contribution in [0, 0.1) is 5.92 Å². The SMILES string of the molecule is CCOc1ccnc(N2CCN(C(=O)C3CCN(C)C3)CC2)n1. The summed E-state index contributed by atoms with van der Waals surface area (Å²) in [5, 5.41) is 0. The van der Waals surface area contributed by atoms with Crippen molar-refractivity contribution in [2.24, 2.45) is 5.92 Å². The van der Waals surface area contributed by atoms with Crippen LogP contribution < -0.4 is 9.64 Å². The van der Waals surface area contributed by atoms with Gasteiger partial charge in [0.15, 0.2) is 0 Å². The first kappa shape index (κ1) is 16.0. The molecular weight excluding hydrogens is 294 g/mol. The van der Waals surface area contributed by atoms with Crippen LogP contribution in [0.25, 0.3) is 0 Å². The number of carbonyl (C=O) groups is 1. The molecule has 0 aromatic carbocycles. The van der Waals surface area contributed by atoms with Gasteiger partial charge in [0.1, 0.15) is 0 Å². The van der Waals surface area contributed by atoms with Gasteiger partial charge in [-0.2, -0.15) is 4.98 Å². The van der Waals surface area contributed by atoms with Gasteiger partial charge in [0.05, 0.1) is 12.5 Å². The standard InChI is InChI=1S/C16H25N5O2/c1-3-23-14-4-6-17-16(18-14)21-10-8-20(9-11-21)15(22)13-5-7-19(2)12-13/h4,6,13H,3,5,7-12H2,1-2H3. The van der Waals surface area contributed by atoms with E-state index in [-0.39, 0.29) is 5.92 Å². The molecule has 23 heavy (non-hydrogen) atoms. The number of nitrogens with zero attached hydrogens (tertiary/aromatic N) is 5. The maximum Gasteiger partial charge on any atom is 0.228 e. The zero-order valence-electron chi connectivity index (χ0n) is 13.9. The Morgan fingerprint density at radius 1 is 1.30 bits per heavy atom. The number of aromatic nitrogens is 2. The molecule has 3 rings (SSSR count). The minimum absolute atomic E-state index is 0.170. The van der Waals surface area contributed by atoms with E-state index in [2.05, 4.69) is 26.8 Å². The Bertz CT molecular complexity index is 545. The predicted molar refractivity (Wildman–Crippen MR) is 87.6 cm³/mol. The second kappa shape index (κ2) is 7.12. The third-order valence-corrected chi connectivity index (χ3v) is 4.52. The van der Waals surface area contributed by atoms with Gasteiger partial charge in [-0.1, -0.05) is 0 Å². The van der Waals surface area contributed by atoms with Crippen LogP contribution in [0.2, 0.25) is 0 Å². The molecule has 1 unspecified atom stereocenters. The second-order valence-electron chi connectivity index (χ2n) is 6.19. The topological polar surface area (TPSA) is 61.8 Å². The molecule has 0 radical (unpaired) electrons. The van der Waals surface area contributed by atoms with Crippen molar-refractivity contribution < 1.29 is 9.53 Å². The van der Waals surface area contributed by atoms with Gasteiger partial charge in [-0.3, -0.25) is 4.79 Å². The lowest BCUT2D eigenvalue weighted by atomic mass is 10.1. The van der Waals surface area contributed by atoms with E-state index in [1.54, 1.807) is 12.3 Å². The molecule has 7 heteroatoms. The monoisotopic (exact) mass is 319 g/mol. The van der Waals surface area contributed by atoms with Gasteiger partial charge < -0.3 is 19.4 Å². The van der Waals surface area contributed by atoms with Gasteiger partial charge in [0.25, 0.3) is 0 Å². The summed E-state index contributed by atoms with van der Waals surface area (Å²) in [7, 11) is 2.08. The summed E-state index contributed by atoms with van der Waals surface area (Å²) in [5.74, 6) is 1.76. The van der Waals surface area contributed by atoms with Crippen molar-refractivity contribution in [2.75, 3.05) is 57.8 Å². The molecule has 126 valence electrons. The second-order valence-corrected chi connectivity index (χ2v) is 6.19. The largest absolute Gasteiger partial charge is 0.478 e. The molecule has 7 nitrogen and oxygen atoms in total. The molecule has 2 saturated heterocycles. The highest BCUT2D eigenvalue weighted by atomic mass is 16.5. The van der Waals surface area contributed by atoms with E-state index in [9.17, 15) is 4.79 Å². The van der Waals surface area contributed by atoms with Gasteiger partial charge in [-0.05, 0) is 26.9 Å². The molecule has 1 aromatic rings. The fourth-order valence-corrected chi connectivity index (χ4v) is 3.23. The molecule has 0 spiro atoms. The quantitative estimate of drug-likeness (QED) is 0.804. The highest BCUT2D eigenvalue weighted by Gasteiger charge is 2.31. The number of amides is 1. The van der Waals surface area contributed by atoms with Gasteiger partial charge in [-0.15, -0.1) is 0 Å². The first-order valence-corrected chi connectivity index (χ1v) is 8.35. The Morgan fingerprint density at radius 2 is 2.09 bits per heavy atom. The summed E-state index contributed by atoms with van der Waals surface area (Å²) < 4.78 is 5.43. The van der Waals surface area contributed by atoms with E-state index < -0.39 is 0 Å². The normalized spacial score (nSPS) is 22.4. The molecule has 1 amide bonds. The number of piperazine rings is 1. The van der Waals surface area contributed by atoms with E-state index in [0.717, 1.165) is 45.7 Å². The third kappa shape index (κ3) is 3.72. The van der Waals surface area contributed by atoms with E-state index in [4.69, 9.17) is 4.74 Å².